The van der Waals surface area contributed by atoms with Crippen molar-refractivity contribution in [2.75, 3.05) is 7.11 Å². The summed E-state index contributed by atoms with van der Waals surface area (Å²) in [6.07, 6.45) is 1.84. The number of aromatic nitrogens is 2. The molecule has 1 saturated carbocycles. The fourth-order valence-electron chi connectivity index (χ4n) is 1.94. The highest BCUT2D eigenvalue weighted by Crippen LogP contribution is 2.34. The molecule has 0 bridgehead atoms. The second-order valence-electron chi connectivity index (χ2n) is 4.75. The molecule has 0 aliphatic heterocycles. The van der Waals surface area contributed by atoms with Gasteiger partial charge in [0.2, 0.25) is 5.78 Å². The van der Waals surface area contributed by atoms with Crippen LogP contribution in [0.4, 0.5) is 0 Å². The number of carbonyl (C=O) groups is 1. The molecule has 0 unspecified atom stereocenters. The van der Waals surface area contributed by atoms with Crippen LogP contribution >= 0.6 is 0 Å². The lowest BCUT2D eigenvalue weighted by Crippen LogP contribution is -2.01. The summed E-state index contributed by atoms with van der Waals surface area (Å²) < 4.78 is 10.8. The number of aryl methyl sites for hydroxylation is 1. The van der Waals surface area contributed by atoms with E-state index in [0.717, 1.165) is 18.4 Å². The molecule has 3 rings (SSSR count). The molecule has 0 spiro atoms. The highest BCUT2D eigenvalue weighted by atomic mass is 16.5. The van der Waals surface area contributed by atoms with Gasteiger partial charge in [-0.15, -0.1) is 10.2 Å². The van der Waals surface area contributed by atoms with E-state index in [1.54, 1.807) is 7.11 Å². The summed E-state index contributed by atoms with van der Waals surface area (Å²) >= 11 is 0. The van der Waals surface area contributed by atoms with Crippen LogP contribution in [0.15, 0.2) is 22.6 Å². The van der Waals surface area contributed by atoms with E-state index < -0.39 is 0 Å². The Labute approximate surface area is 110 Å². The number of hydrogen-bond donors (Lipinski definition) is 0. The zero-order valence-corrected chi connectivity index (χ0v) is 10.8. The van der Waals surface area contributed by atoms with Crippen LogP contribution in [-0.2, 0) is 0 Å². The van der Waals surface area contributed by atoms with Crippen molar-refractivity contribution in [2.24, 2.45) is 5.92 Å². The molecular weight excluding hydrogens is 244 g/mol. The molecule has 5 heteroatoms. The molecule has 0 saturated heterocycles. The van der Waals surface area contributed by atoms with E-state index in [4.69, 9.17) is 9.15 Å². The Hall–Kier alpha value is -2.17. The normalized spacial score (nSPS) is 14.4. The molecule has 1 aromatic heterocycles. The molecule has 2 aromatic rings. The molecule has 1 aliphatic carbocycles. The van der Waals surface area contributed by atoms with Gasteiger partial charge < -0.3 is 9.15 Å². The van der Waals surface area contributed by atoms with E-state index >= 15 is 0 Å². The Morgan fingerprint density at radius 1 is 1.37 bits per heavy atom. The maximum atomic E-state index is 11.8. The van der Waals surface area contributed by atoms with Gasteiger partial charge in [-0.1, -0.05) is 11.6 Å². The molecule has 19 heavy (non-hydrogen) atoms. The van der Waals surface area contributed by atoms with E-state index in [0.29, 0.717) is 17.2 Å². The van der Waals surface area contributed by atoms with Crippen LogP contribution in [0.3, 0.4) is 0 Å². The van der Waals surface area contributed by atoms with Crippen LogP contribution in [0, 0.1) is 12.8 Å². The minimum absolute atomic E-state index is 0.0506. The van der Waals surface area contributed by atoms with Crippen LogP contribution < -0.4 is 4.74 Å². The highest BCUT2D eigenvalue weighted by molar-refractivity contribution is 5.95. The van der Waals surface area contributed by atoms with Gasteiger partial charge in [0.1, 0.15) is 5.75 Å². The summed E-state index contributed by atoms with van der Waals surface area (Å²) in [6, 6.07) is 5.68. The molecule has 1 fully saturated rings. The van der Waals surface area contributed by atoms with E-state index in [-0.39, 0.29) is 17.6 Å². The van der Waals surface area contributed by atoms with Crippen LogP contribution in [-0.4, -0.2) is 23.1 Å². The van der Waals surface area contributed by atoms with E-state index in [9.17, 15) is 4.79 Å². The van der Waals surface area contributed by atoms with E-state index in [1.807, 2.05) is 25.1 Å². The molecule has 1 heterocycles. The molecule has 0 N–H and O–H groups in total. The van der Waals surface area contributed by atoms with Crippen molar-refractivity contribution in [3.63, 3.8) is 0 Å². The van der Waals surface area contributed by atoms with E-state index in [2.05, 4.69) is 10.2 Å². The average Bonchev–Trinajstić information content (AvgIpc) is 3.15. The number of Topliss-reactive ketones (excluding diaryl/α,β-unsaturated/α-hetero) is 1. The largest absolute Gasteiger partial charge is 0.496 e. The van der Waals surface area contributed by atoms with Crippen molar-refractivity contribution in [3.8, 4) is 17.2 Å². The number of benzene rings is 1. The molecular formula is C14H14N2O3. The highest BCUT2D eigenvalue weighted by Gasteiger charge is 2.34. The lowest BCUT2D eigenvalue weighted by molar-refractivity contribution is 0.0934. The number of ketones is 1. The van der Waals surface area contributed by atoms with Crippen LogP contribution in [0.1, 0.15) is 29.1 Å². The minimum Gasteiger partial charge on any atom is -0.496 e. The van der Waals surface area contributed by atoms with Crippen LogP contribution in [0.5, 0.6) is 5.75 Å². The van der Waals surface area contributed by atoms with Gasteiger partial charge in [-0.3, -0.25) is 4.79 Å². The van der Waals surface area contributed by atoms with Crippen molar-refractivity contribution in [3.05, 3.63) is 29.7 Å². The second-order valence-corrected chi connectivity index (χ2v) is 4.75. The minimum atomic E-state index is -0.0506. The number of nitrogens with zero attached hydrogens (tertiary/aromatic N) is 2. The first-order valence-electron chi connectivity index (χ1n) is 6.22. The SMILES string of the molecule is COc1ccc(C)cc1-c1nnc(C(=O)C2CC2)o1. The molecule has 1 aromatic carbocycles. The smallest absolute Gasteiger partial charge is 0.284 e. The average molecular weight is 258 g/mol. The maximum absolute atomic E-state index is 11.8. The predicted molar refractivity (Wildman–Crippen MR) is 68.1 cm³/mol. The summed E-state index contributed by atoms with van der Waals surface area (Å²) in [5, 5.41) is 7.79. The third-order valence-electron chi connectivity index (χ3n) is 3.17. The van der Waals surface area contributed by atoms with Crippen molar-refractivity contribution in [2.45, 2.75) is 19.8 Å². The van der Waals surface area contributed by atoms with Gasteiger partial charge in [0, 0.05) is 5.92 Å². The number of ether oxygens (including phenoxy) is 1. The molecule has 98 valence electrons. The lowest BCUT2D eigenvalue weighted by Gasteiger charge is -2.05. The van der Waals surface area contributed by atoms with Gasteiger partial charge in [-0.2, -0.15) is 0 Å². The monoisotopic (exact) mass is 258 g/mol. The molecule has 0 atom stereocenters. The Balaban J connectivity index is 1.97. The zero-order valence-electron chi connectivity index (χ0n) is 10.8. The first-order valence-corrected chi connectivity index (χ1v) is 6.22. The fourth-order valence-corrected chi connectivity index (χ4v) is 1.94. The molecule has 0 amide bonds. The first-order chi connectivity index (χ1) is 9.19. The number of hydrogen-bond acceptors (Lipinski definition) is 5. The summed E-state index contributed by atoms with van der Waals surface area (Å²) in [5.41, 5.74) is 1.77. The number of carbonyl (C=O) groups excluding carboxylic acids is 1. The number of rotatable bonds is 4. The van der Waals surface area contributed by atoms with Crippen LogP contribution in [0.25, 0.3) is 11.5 Å². The Kier molecular flexibility index (Phi) is 2.81. The lowest BCUT2D eigenvalue weighted by atomic mass is 10.1. The van der Waals surface area contributed by atoms with Crippen molar-refractivity contribution in [1.82, 2.24) is 10.2 Å². The zero-order chi connectivity index (χ0) is 13.4. The topological polar surface area (TPSA) is 65.2 Å². The third kappa shape index (κ3) is 2.23. The second kappa shape index (κ2) is 4.50. The quantitative estimate of drug-likeness (QED) is 0.789. The summed E-state index contributed by atoms with van der Waals surface area (Å²) in [7, 11) is 1.58. The first kappa shape index (κ1) is 11.9. The van der Waals surface area contributed by atoms with Crippen molar-refractivity contribution < 1.29 is 13.9 Å². The molecule has 1 aliphatic rings. The van der Waals surface area contributed by atoms with Crippen molar-refractivity contribution in [1.29, 1.82) is 0 Å². The Bertz CT molecular complexity index is 629. The van der Waals surface area contributed by atoms with Gasteiger partial charge in [0.15, 0.2) is 0 Å². The van der Waals surface area contributed by atoms with Gasteiger partial charge >= 0.3 is 0 Å². The maximum Gasteiger partial charge on any atom is 0.284 e. The fraction of sp³-hybridized carbons (Fsp3) is 0.357. The van der Waals surface area contributed by atoms with Crippen molar-refractivity contribution >= 4 is 5.78 Å². The predicted octanol–water partition coefficient (Wildman–Crippen LogP) is 2.65. The van der Waals surface area contributed by atoms with E-state index in [1.165, 1.54) is 0 Å². The Morgan fingerprint density at radius 2 is 2.16 bits per heavy atom. The Morgan fingerprint density at radius 3 is 2.84 bits per heavy atom. The van der Waals surface area contributed by atoms with Gasteiger partial charge in [0.25, 0.3) is 11.8 Å². The summed E-state index contributed by atoms with van der Waals surface area (Å²) in [6.45, 7) is 1.97. The summed E-state index contributed by atoms with van der Waals surface area (Å²) in [4.78, 5) is 11.8. The molecule has 5 nitrogen and oxygen atoms in total. The third-order valence-corrected chi connectivity index (χ3v) is 3.17. The van der Waals surface area contributed by atoms with Gasteiger partial charge in [-0.05, 0) is 31.9 Å². The summed E-state index contributed by atoms with van der Waals surface area (Å²) in [5.74, 6) is 1.10. The van der Waals surface area contributed by atoms with Crippen LogP contribution in [0.2, 0.25) is 0 Å². The number of methoxy groups -OCH3 is 1. The molecule has 0 radical (unpaired) electrons. The van der Waals surface area contributed by atoms with Gasteiger partial charge in [-0.25, -0.2) is 0 Å². The standard InChI is InChI=1S/C14H14N2O3/c1-8-3-6-11(18-2)10(7-8)13-15-16-14(19-13)12(17)9-4-5-9/h3,6-7,9H,4-5H2,1-2H3. The van der Waals surface area contributed by atoms with Gasteiger partial charge in [0.05, 0.1) is 12.7 Å².